The SMILES string of the molecule is CC(N)c1ccc(C(=O)N2C[C@@H](c3ccccc3)C[C@H]2C(=O)N2CC[C@H](c3ccc(F)cc3)C2)o1. The molecule has 0 spiro atoms. The van der Waals surface area contributed by atoms with Crippen LogP contribution in [0.15, 0.2) is 71.1 Å². The highest BCUT2D eigenvalue weighted by molar-refractivity contribution is 5.96. The Balaban J connectivity index is 1.37. The fourth-order valence-electron chi connectivity index (χ4n) is 5.29. The van der Waals surface area contributed by atoms with E-state index in [0.29, 0.717) is 31.8 Å². The Bertz CT molecular complexity index is 1190. The van der Waals surface area contributed by atoms with Gasteiger partial charge < -0.3 is 20.0 Å². The Morgan fingerprint density at radius 3 is 2.37 bits per heavy atom. The lowest BCUT2D eigenvalue weighted by Gasteiger charge is -2.27. The number of rotatable bonds is 5. The first-order valence-corrected chi connectivity index (χ1v) is 12.2. The van der Waals surface area contributed by atoms with Crippen molar-refractivity contribution in [3.05, 3.63) is 95.2 Å². The third kappa shape index (κ3) is 4.73. The summed E-state index contributed by atoms with van der Waals surface area (Å²) >= 11 is 0. The van der Waals surface area contributed by atoms with Gasteiger partial charge in [-0.1, -0.05) is 42.5 Å². The number of amides is 2. The van der Waals surface area contributed by atoms with Gasteiger partial charge in [0, 0.05) is 31.5 Å². The van der Waals surface area contributed by atoms with Gasteiger partial charge >= 0.3 is 0 Å². The number of nitrogens with zero attached hydrogens (tertiary/aromatic N) is 2. The molecule has 3 heterocycles. The van der Waals surface area contributed by atoms with Gasteiger partial charge in [-0.2, -0.15) is 0 Å². The number of hydrogen-bond acceptors (Lipinski definition) is 4. The molecule has 1 aromatic heterocycles. The van der Waals surface area contributed by atoms with Crippen LogP contribution in [0, 0.1) is 5.82 Å². The minimum absolute atomic E-state index is 0.0413. The zero-order chi connectivity index (χ0) is 24.5. The van der Waals surface area contributed by atoms with Crippen molar-refractivity contribution in [2.75, 3.05) is 19.6 Å². The lowest BCUT2D eigenvalue weighted by molar-refractivity contribution is -0.134. The van der Waals surface area contributed by atoms with E-state index in [9.17, 15) is 14.0 Å². The Morgan fingerprint density at radius 1 is 0.971 bits per heavy atom. The fourth-order valence-corrected chi connectivity index (χ4v) is 5.29. The lowest BCUT2D eigenvalue weighted by Crippen LogP contribution is -2.47. The molecule has 2 saturated heterocycles. The standard InChI is InChI=1S/C28H30FN3O3/c1-18(30)25-11-12-26(35-25)28(34)32-17-22(19-5-3-2-4-6-19)15-24(32)27(33)31-14-13-21(16-31)20-7-9-23(29)10-8-20/h2-12,18,21-22,24H,13-17,30H2,1H3/t18?,21-,22-,24-/m0/s1. The van der Waals surface area contributed by atoms with E-state index in [0.717, 1.165) is 17.5 Å². The van der Waals surface area contributed by atoms with Crippen LogP contribution in [0.4, 0.5) is 4.39 Å². The molecular formula is C28H30FN3O3. The average molecular weight is 476 g/mol. The molecular weight excluding hydrogens is 445 g/mol. The molecule has 5 rings (SSSR count). The molecule has 7 heteroatoms. The van der Waals surface area contributed by atoms with Crippen LogP contribution in [0.25, 0.3) is 0 Å². The van der Waals surface area contributed by atoms with Crippen LogP contribution in [0.5, 0.6) is 0 Å². The minimum atomic E-state index is -0.566. The quantitative estimate of drug-likeness (QED) is 0.591. The van der Waals surface area contributed by atoms with Gasteiger partial charge in [0.15, 0.2) is 5.76 Å². The summed E-state index contributed by atoms with van der Waals surface area (Å²) in [6.45, 7) is 3.42. The summed E-state index contributed by atoms with van der Waals surface area (Å²) in [5.74, 6) is 0.368. The van der Waals surface area contributed by atoms with E-state index in [1.165, 1.54) is 12.1 Å². The van der Waals surface area contributed by atoms with E-state index < -0.39 is 6.04 Å². The highest BCUT2D eigenvalue weighted by Crippen LogP contribution is 2.36. The summed E-state index contributed by atoms with van der Waals surface area (Å²) in [6.07, 6.45) is 1.38. The number of hydrogen-bond donors (Lipinski definition) is 1. The van der Waals surface area contributed by atoms with Gasteiger partial charge in [-0.05, 0) is 55.2 Å². The van der Waals surface area contributed by atoms with Crippen LogP contribution < -0.4 is 5.73 Å². The van der Waals surface area contributed by atoms with Crippen LogP contribution in [-0.4, -0.2) is 47.3 Å². The summed E-state index contributed by atoms with van der Waals surface area (Å²) in [6, 6.07) is 19.0. The normalized spacial score (nSPS) is 23.0. The van der Waals surface area contributed by atoms with E-state index >= 15 is 0 Å². The molecule has 0 aliphatic carbocycles. The lowest BCUT2D eigenvalue weighted by atomic mass is 9.96. The summed E-state index contributed by atoms with van der Waals surface area (Å²) in [5.41, 5.74) is 8.05. The summed E-state index contributed by atoms with van der Waals surface area (Å²) in [7, 11) is 0. The highest BCUT2D eigenvalue weighted by Gasteiger charge is 2.44. The second kappa shape index (κ2) is 9.66. The Hall–Kier alpha value is -3.45. The van der Waals surface area contributed by atoms with Crippen molar-refractivity contribution in [1.82, 2.24) is 9.80 Å². The predicted octanol–water partition coefficient (Wildman–Crippen LogP) is 4.45. The van der Waals surface area contributed by atoms with Crippen molar-refractivity contribution in [2.45, 2.75) is 43.7 Å². The number of benzene rings is 2. The maximum absolute atomic E-state index is 13.7. The number of furan rings is 1. The molecule has 4 atom stereocenters. The topological polar surface area (TPSA) is 79.8 Å². The van der Waals surface area contributed by atoms with E-state index in [4.69, 9.17) is 10.2 Å². The first kappa shape index (κ1) is 23.3. The molecule has 0 bridgehead atoms. The van der Waals surface area contributed by atoms with Crippen LogP contribution in [0.1, 0.15) is 65.1 Å². The van der Waals surface area contributed by atoms with Crippen LogP contribution in [0.2, 0.25) is 0 Å². The van der Waals surface area contributed by atoms with Gasteiger partial charge in [0.1, 0.15) is 17.6 Å². The molecule has 2 aromatic carbocycles. The van der Waals surface area contributed by atoms with E-state index in [-0.39, 0.29) is 41.3 Å². The van der Waals surface area contributed by atoms with Gasteiger partial charge in [-0.3, -0.25) is 9.59 Å². The van der Waals surface area contributed by atoms with Crippen molar-refractivity contribution in [1.29, 1.82) is 0 Å². The maximum Gasteiger partial charge on any atom is 0.290 e. The third-order valence-electron chi connectivity index (χ3n) is 7.25. The number of carbonyl (C=O) groups excluding carboxylic acids is 2. The molecule has 0 saturated carbocycles. The average Bonchev–Trinajstić information content (AvgIpc) is 3.64. The molecule has 2 fully saturated rings. The largest absolute Gasteiger partial charge is 0.454 e. The minimum Gasteiger partial charge on any atom is -0.454 e. The Kier molecular flexibility index (Phi) is 6.43. The van der Waals surface area contributed by atoms with Gasteiger partial charge in [0.05, 0.1) is 6.04 Å². The summed E-state index contributed by atoms with van der Waals surface area (Å²) < 4.78 is 19.1. The summed E-state index contributed by atoms with van der Waals surface area (Å²) in [5, 5.41) is 0. The number of carbonyl (C=O) groups is 2. The van der Waals surface area contributed by atoms with Crippen LogP contribution in [-0.2, 0) is 4.79 Å². The second-order valence-electron chi connectivity index (χ2n) is 9.63. The predicted molar refractivity (Wildman–Crippen MR) is 130 cm³/mol. The fraction of sp³-hybridized carbons (Fsp3) is 0.357. The molecule has 2 aliphatic rings. The first-order chi connectivity index (χ1) is 16.9. The molecule has 6 nitrogen and oxygen atoms in total. The summed E-state index contributed by atoms with van der Waals surface area (Å²) in [4.78, 5) is 30.7. The molecule has 35 heavy (non-hydrogen) atoms. The van der Waals surface area contributed by atoms with Crippen molar-refractivity contribution >= 4 is 11.8 Å². The number of halogens is 1. The molecule has 182 valence electrons. The van der Waals surface area contributed by atoms with Gasteiger partial charge in [0.2, 0.25) is 5.91 Å². The zero-order valence-electron chi connectivity index (χ0n) is 19.8. The third-order valence-corrected chi connectivity index (χ3v) is 7.25. The molecule has 2 N–H and O–H groups in total. The van der Waals surface area contributed by atoms with Crippen LogP contribution in [0.3, 0.4) is 0 Å². The van der Waals surface area contributed by atoms with E-state index in [1.807, 2.05) is 35.2 Å². The van der Waals surface area contributed by atoms with Gasteiger partial charge in [-0.15, -0.1) is 0 Å². The van der Waals surface area contributed by atoms with E-state index in [2.05, 4.69) is 0 Å². The highest BCUT2D eigenvalue weighted by atomic mass is 19.1. The molecule has 0 radical (unpaired) electrons. The van der Waals surface area contributed by atoms with Gasteiger partial charge in [-0.25, -0.2) is 4.39 Å². The first-order valence-electron chi connectivity index (χ1n) is 12.2. The smallest absolute Gasteiger partial charge is 0.290 e. The molecule has 2 aliphatic heterocycles. The molecule has 2 amide bonds. The van der Waals surface area contributed by atoms with Crippen molar-refractivity contribution in [3.63, 3.8) is 0 Å². The van der Waals surface area contributed by atoms with E-state index in [1.54, 1.807) is 36.1 Å². The van der Waals surface area contributed by atoms with Crippen LogP contribution >= 0.6 is 0 Å². The maximum atomic E-state index is 13.7. The Morgan fingerprint density at radius 2 is 1.69 bits per heavy atom. The van der Waals surface area contributed by atoms with Crippen molar-refractivity contribution < 1.29 is 18.4 Å². The molecule has 3 aromatic rings. The second-order valence-corrected chi connectivity index (χ2v) is 9.63. The Labute approximate surface area is 204 Å². The molecule has 1 unspecified atom stereocenters. The van der Waals surface area contributed by atoms with Crippen molar-refractivity contribution in [2.24, 2.45) is 5.73 Å². The monoisotopic (exact) mass is 475 g/mol. The zero-order valence-corrected chi connectivity index (χ0v) is 19.8. The van der Waals surface area contributed by atoms with Crippen molar-refractivity contribution in [3.8, 4) is 0 Å². The van der Waals surface area contributed by atoms with Gasteiger partial charge in [0.25, 0.3) is 5.91 Å². The number of nitrogens with two attached hydrogens (primary N) is 1. The number of likely N-dealkylation sites (tertiary alicyclic amines) is 2.